The van der Waals surface area contributed by atoms with Crippen LogP contribution in [-0.4, -0.2) is 34.6 Å². The van der Waals surface area contributed by atoms with Crippen LogP contribution in [0.25, 0.3) is 0 Å². The van der Waals surface area contributed by atoms with Crippen molar-refractivity contribution >= 4 is 17.3 Å². The Kier molecular flexibility index (Phi) is 24.4. The molecule has 1 atom stereocenters. The SMILES string of the molecule is CCCCCCCCC(CCCCCCCC)(CCCCCCCC)CC(=S)OCC(O)CO. The summed E-state index contributed by atoms with van der Waals surface area (Å²) in [5.74, 6) is 0. The number of hydrogen-bond donors (Lipinski definition) is 2. The van der Waals surface area contributed by atoms with E-state index in [1.165, 1.54) is 135 Å². The lowest BCUT2D eigenvalue weighted by Crippen LogP contribution is -2.28. The summed E-state index contributed by atoms with van der Waals surface area (Å²) in [5.41, 5.74) is 0.238. The van der Waals surface area contributed by atoms with Crippen molar-refractivity contribution in [1.82, 2.24) is 0 Å². The maximum atomic E-state index is 9.70. The van der Waals surface area contributed by atoms with E-state index in [1.807, 2.05) is 0 Å². The summed E-state index contributed by atoms with van der Waals surface area (Å²) in [6.45, 7) is 6.67. The first-order valence-corrected chi connectivity index (χ1v) is 15.4. The number of aliphatic hydroxyl groups is 2. The molecule has 0 radical (unpaired) electrons. The summed E-state index contributed by atoms with van der Waals surface area (Å²) in [4.78, 5) is 0. The van der Waals surface area contributed by atoms with E-state index in [1.54, 1.807) is 0 Å². The van der Waals surface area contributed by atoms with Crippen LogP contribution >= 0.6 is 12.2 Å². The minimum Gasteiger partial charge on any atom is -0.484 e. The number of ether oxygens (including phenoxy) is 1. The second kappa shape index (κ2) is 24.5. The summed E-state index contributed by atoms with van der Waals surface area (Å²) in [6.07, 6.45) is 27.6. The predicted molar refractivity (Wildman–Crippen MR) is 153 cm³/mol. The average molecular weight is 501 g/mol. The van der Waals surface area contributed by atoms with Gasteiger partial charge in [0.1, 0.15) is 12.7 Å². The van der Waals surface area contributed by atoms with E-state index >= 15 is 0 Å². The summed E-state index contributed by atoms with van der Waals surface area (Å²) < 4.78 is 5.75. The first-order chi connectivity index (χ1) is 16.5. The molecule has 2 N–H and O–H groups in total. The summed E-state index contributed by atoms with van der Waals surface area (Å²) in [7, 11) is 0. The van der Waals surface area contributed by atoms with Crippen LogP contribution in [0.1, 0.15) is 162 Å². The van der Waals surface area contributed by atoms with Crippen LogP contribution in [0.3, 0.4) is 0 Å². The van der Waals surface area contributed by atoms with E-state index in [2.05, 4.69) is 20.8 Å². The molecule has 0 aromatic carbocycles. The zero-order valence-electron chi connectivity index (χ0n) is 23.3. The Morgan fingerprint density at radius 1 is 0.647 bits per heavy atom. The van der Waals surface area contributed by atoms with Crippen molar-refractivity contribution in [2.45, 2.75) is 168 Å². The monoisotopic (exact) mass is 500 g/mol. The fraction of sp³-hybridized carbons (Fsp3) is 0.967. The molecule has 0 fully saturated rings. The highest BCUT2D eigenvalue weighted by Gasteiger charge is 2.31. The van der Waals surface area contributed by atoms with Gasteiger partial charge in [0.25, 0.3) is 0 Å². The molecule has 0 aliphatic rings. The molecular weight excluding hydrogens is 440 g/mol. The van der Waals surface area contributed by atoms with Crippen molar-refractivity contribution in [2.24, 2.45) is 5.41 Å². The molecule has 0 saturated carbocycles. The van der Waals surface area contributed by atoms with Crippen LogP contribution in [0.15, 0.2) is 0 Å². The maximum Gasteiger partial charge on any atom is 0.160 e. The van der Waals surface area contributed by atoms with Crippen molar-refractivity contribution in [3.8, 4) is 0 Å². The first kappa shape index (κ1) is 33.8. The molecule has 0 saturated heterocycles. The lowest BCUT2D eigenvalue weighted by Gasteiger charge is -2.35. The van der Waals surface area contributed by atoms with Crippen LogP contribution in [0.2, 0.25) is 0 Å². The summed E-state index contributed by atoms with van der Waals surface area (Å²) in [5, 5.41) is 19.5. The van der Waals surface area contributed by atoms with Gasteiger partial charge in [0.15, 0.2) is 5.05 Å². The van der Waals surface area contributed by atoms with E-state index in [0.717, 1.165) is 6.42 Å². The van der Waals surface area contributed by atoms with E-state index in [0.29, 0.717) is 5.05 Å². The third-order valence-electron chi connectivity index (χ3n) is 7.35. The molecule has 0 heterocycles. The minimum absolute atomic E-state index is 0.108. The molecule has 0 aromatic heterocycles. The fourth-order valence-electron chi connectivity index (χ4n) is 5.08. The number of hydrogen-bond acceptors (Lipinski definition) is 4. The number of aliphatic hydroxyl groups excluding tert-OH is 2. The average Bonchev–Trinajstić information content (AvgIpc) is 2.84. The summed E-state index contributed by atoms with van der Waals surface area (Å²) >= 11 is 5.66. The lowest BCUT2D eigenvalue weighted by molar-refractivity contribution is 0.0477. The van der Waals surface area contributed by atoms with Gasteiger partial charge in [0, 0.05) is 6.42 Å². The van der Waals surface area contributed by atoms with Crippen LogP contribution in [-0.2, 0) is 4.74 Å². The molecule has 0 amide bonds. The molecular formula is C30H60O3S. The van der Waals surface area contributed by atoms with Gasteiger partial charge in [-0.2, -0.15) is 0 Å². The van der Waals surface area contributed by atoms with E-state index in [-0.39, 0.29) is 18.6 Å². The van der Waals surface area contributed by atoms with Gasteiger partial charge >= 0.3 is 0 Å². The third kappa shape index (κ3) is 20.0. The van der Waals surface area contributed by atoms with Gasteiger partial charge in [-0.3, -0.25) is 0 Å². The summed E-state index contributed by atoms with van der Waals surface area (Å²) in [6, 6.07) is 0. The Hall–Kier alpha value is -0.190. The maximum absolute atomic E-state index is 9.70. The van der Waals surface area contributed by atoms with E-state index < -0.39 is 6.10 Å². The molecule has 34 heavy (non-hydrogen) atoms. The first-order valence-electron chi connectivity index (χ1n) is 15.0. The van der Waals surface area contributed by atoms with E-state index in [9.17, 15) is 5.11 Å². The lowest BCUT2D eigenvalue weighted by atomic mass is 9.71. The predicted octanol–water partition coefficient (Wildman–Crippen LogP) is 9.31. The van der Waals surface area contributed by atoms with Gasteiger partial charge < -0.3 is 14.9 Å². The highest BCUT2D eigenvalue weighted by atomic mass is 32.1. The van der Waals surface area contributed by atoms with Gasteiger partial charge in [-0.25, -0.2) is 0 Å². The second-order valence-electron chi connectivity index (χ2n) is 10.7. The fourth-order valence-corrected chi connectivity index (χ4v) is 5.45. The molecule has 0 aliphatic carbocycles. The Morgan fingerprint density at radius 2 is 1.00 bits per heavy atom. The molecule has 0 bridgehead atoms. The van der Waals surface area contributed by atoms with Gasteiger partial charge in [-0.1, -0.05) is 136 Å². The van der Waals surface area contributed by atoms with Gasteiger partial charge in [-0.05, 0) is 36.9 Å². The van der Waals surface area contributed by atoms with E-state index in [4.69, 9.17) is 22.1 Å². The van der Waals surface area contributed by atoms with Crippen LogP contribution in [0, 0.1) is 5.41 Å². The van der Waals surface area contributed by atoms with Crippen molar-refractivity contribution < 1.29 is 14.9 Å². The number of rotatable bonds is 26. The van der Waals surface area contributed by atoms with Crippen molar-refractivity contribution in [1.29, 1.82) is 0 Å². The van der Waals surface area contributed by atoms with Crippen molar-refractivity contribution in [3.05, 3.63) is 0 Å². The van der Waals surface area contributed by atoms with Gasteiger partial charge in [-0.15, -0.1) is 0 Å². The molecule has 204 valence electrons. The smallest absolute Gasteiger partial charge is 0.160 e. The molecule has 1 unspecified atom stereocenters. The van der Waals surface area contributed by atoms with Crippen LogP contribution < -0.4 is 0 Å². The largest absolute Gasteiger partial charge is 0.484 e. The quantitative estimate of drug-likeness (QED) is 0.0917. The standard InChI is InChI=1S/C30H60O3S/c1-4-7-10-13-16-19-22-30(23-20-17-14-11-8-5-2,24-21-18-15-12-9-6-3)25-29(34)33-27-28(32)26-31/h28,31-32H,4-27H2,1-3H3. The topological polar surface area (TPSA) is 49.7 Å². The molecule has 0 spiro atoms. The normalized spacial score (nSPS) is 12.7. The van der Waals surface area contributed by atoms with Crippen LogP contribution in [0.4, 0.5) is 0 Å². The molecule has 0 aromatic rings. The molecule has 0 rings (SSSR count). The zero-order chi connectivity index (χ0) is 25.3. The number of unbranched alkanes of at least 4 members (excludes halogenated alkanes) is 15. The molecule has 4 heteroatoms. The minimum atomic E-state index is -0.844. The highest BCUT2D eigenvalue weighted by Crippen LogP contribution is 2.41. The zero-order valence-corrected chi connectivity index (χ0v) is 24.1. The molecule has 3 nitrogen and oxygen atoms in total. The second-order valence-corrected chi connectivity index (χ2v) is 11.2. The Balaban J connectivity index is 5.02. The third-order valence-corrected chi connectivity index (χ3v) is 7.61. The van der Waals surface area contributed by atoms with Crippen molar-refractivity contribution in [3.63, 3.8) is 0 Å². The highest BCUT2D eigenvalue weighted by molar-refractivity contribution is 7.80. The Bertz CT molecular complexity index is 400. The van der Waals surface area contributed by atoms with Gasteiger partial charge in [0.05, 0.1) is 6.61 Å². The van der Waals surface area contributed by atoms with Gasteiger partial charge in [0.2, 0.25) is 0 Å². The van der Waals surface area contributed by atoms with Crippen molar-refractivity contribution in [2.75, 3.05) is 13.2 Å². The number of thiocarbonyl (C=S) groups is 1. The molecule has 0 aliphatic heterocycles. The van der Waals surface area contributed by atoms with Crippen LogP contribution in [0.5, 0.6) is 0 Å². The Labute approximate surface area is 218 Å². The Morgan fingerprint density at radius 3 is 1.35 bits per heavy atom.